The molecule has 1 aromatic heterocycles. The van der Waals surface area contributed by atoms with Gasteiger partial charge in [-0.2, -0.15) is 0 Å². The average molecular weight is 354 g/mol. The second kappa shape index (κ2) is 6.69. The topological polar surface area (TPSA) is 0 Å². The highest BCUT2D eigenvalue weighted by Crippen LogP contribution is 2.36. The zero-order chi connectivity index (χ0) is 13.9. The van der Waals surface area contributed by atoms with Crippen LogP contribution in [-0.2, 0) is 11.8 Å². The maximum absolute atomic E-state index is 6.21. The number of hydrogen-bond donors (Lipinski definition) is 0. The van der Waals surface area contributed by atoms with E-state index in [1.165, 1.54) is 0 Å². The number of alkyl halides is 2. The SMILES string of the molecule is ClCC(CCl)(Cc1sccc1Cl)c1ccc(Cl)cc1. The smallest absolute Gasteiger partial charge is 0.0545 e. The van der Waals surface area contributed by atoms with Crippen molar-refractivity contribution in [3.63, 3.8) is 0 Å². The Kier molecular flexibility index (Phi) is 5.45. The van der Waals surface area contributed by atoms with Crippen molar-refractivity contribution in [1.82, 2.24) is 0 Å². The fraction of sp³-hybridized carbons (Fsp3) is 0.286. The molecule has 0 aliphatic carbocycles. The highest BCUT2D eigenvalue weighted by molar-refractivity contribution is 7.10. The summed E-state index contributed by atoms with van der Waals surface area (Å²) in [5, 5.41) is 3.46. The van der Waals surface area contributed by atoms with E-state index >= 15 is 0 Å². The summed E-state index contributed by atoms with van der Waals surface area (Å²) >= 11 is 26.2. The molecule has 5 heteroatoms. The van der Waals surface area contributed by atoms with E-state index in [4.69, 9.17) is 46.4 Å². The summed E-state index contributed by atoms with van der Waals surface area (Å²) in [7, 11) is 0. The van der Waals surface area contributed by atoms with Crippen molar-refractivity contribution >= 4 is 57.7 Å². The van der Waals surface area contributed by atoms with Gasteiger partial charge < -0.3 is 0 Å². The van der Waals surface area contributed by atoms with Crippen LogP contribution in [0, 0.1) is 0 Å². The molecule has 0 bridgehead atoms. The van der Waals surface area contributed by atoms with Gasteiger partial charge in [0.15, 0.2) is 0 Å². The molecular formula is C14H12Cl4S. The summed E-state index contributed by atoms with van der Waals surface area (Å²) in [4.78, 5) is 1.11. The Bertz CT molecular complexity index is 529. The molecule has 0 amide bonds. The lowest BCUT2D eigenvalue weighted by Crippen LogP contribution is -2.33. The van der Waals surface area contributed by atoms with Gasteiger partial charge in [-0.05, 0) is 35.6 Å². The molecule has 19 heavy (non-hydrogen) atoms. The molecule has 0 N–H and O–H groups in total. The van der Waals surface area contributed by atoms with Gasteiger partial charge >= 0.3 is 0 Å². The summed E-state index contributed by atoms with van der Waals surface area (Å²) in [6.45, 7) is 0. The van der Waals surface area contributed by atoms with Crippen LogP contribution in [0.25, 0.3) is 0 Å². The normalized spacial score (nSPS) is 11.8. The standard InChI is InChI=1S/C14H12Cl4S/c15-8-14(9-16,7-13-12(18)5-6-19-13)10-1-3-11(17)4-2-10/h1-6H,7-9H2. The molecule has 0 nitrogen and oxygen atoms in total. The first-order chi connectivity index (χ1) is 9.11. The zero-order valence-electron chi connectivity index (χ0n) is 10.0. The van der Waals surface area contributed by atoms with Crippen molar-refractivity contribution in [2.24, 2.45) is 0 Å². The maximum Gasteiger partial charge on any atom is 0.0545 e. The van der Waals surface area contributed by atoms with Gasteiger partial charge in [0, 0.05) is 27.1 Å². The van der Waals surface area contributed by atoms with Crippen LogP contribution in [0.1, 0.15) is 10.4 Å². The van der Waals surface area contributed by atoms with Crippen LogP contribution in [0.15, 0.2) is 35.7 Å². The minimum absolute atomic E-state index is 0.317. The zero-order valence-corrected chi connectivity index (χ0v) is 13.8. The van der Waals surface area contributed by atoms with Crippen molar-refractivity contribution in [3.8, 4) is 0 Å². The molecule has 2 rings (SSSR count). The van der Waals surface area contributed by atoms with Gasteiger partial charge in [-0.25, -0.2) is 0 Å². The summed E-state index contributed by atoms with van der Waals surface area (Å²) in [5.41, 5.74) is 0.772. The molecule has 0 unspecified atom stereocenters. The molecule has 102 valence electrons. The third-order valence-electron chi connectivity index (χ3n) is 3.16. The summed E-state index contributed by atoms with van der Waals surface area (Å²) in [5.74, 6) is 0.874. The van der Waals surface area contributed by atoms with E-state index in [0.29, 0.717) is 16.8 Å². The first-order valence-electron chi connectivity index (χ1n) is 5.71. The van der Waals surface area contributed by atoms with E-state index in [9.17, 15) is 0 Å². The Labute approximate surface area is 137 Å². The third-order valence-corrected chi connectivity index (χ3v) is 5.82. The second-order valence-corrected chi connectivity index (χ2v) is 6.80. The van der Waals surface area contributed by atoms with E-state index < -0.39 is 0 Å². The highest BCUT2D eigenvalue weighted by atomic mass is 35.5. The van der Waals surface area contributed by atoms with Crippen LogP contribution in [0.5, 0.6) is 0 Å². The molecule has 0 fully saturated rings. The number of benzene rings is 1. The van der Waals surface area contributed by atoms with Crippen LogP contribution in [0.4, 0.5) is 0 Å². The largest absolute Gasteiger partial charge is 0.147 e. The second-order valence-electron chi connectivity index (χ2n) is 4.42. The van der Waals surface area contributed by atoms with Gasteiger partial charge in [0.25, 0.3) is 0 Å². The van der Waals surface area contributed by atoms with Crippen molar-refractivity contribution in [2.45, 2.75) is 11.8 Å². The Morgan fingerprint density at radius 1 is 0.947 bits per heavy atom. The van der Waals surface area contributed by atoms with Crippen LogP contribution in [-0.4, -0.2) is 11.8 Å². The van der Waals surface area contributed by atoms with E-state index in [2.05, 4.69) is 0 Å². The summed E-state index contributed by atoms with van der Waals surface area (Å²) < 4.78 is 0. The average Bonchev–Trinajstić information content (AvgIpc) is 2.82. The van der Waals surface area contributed by atoms with Crippen molar-refractivity contribution in [3.05, 3.63) is 56.2 Å². The van der Waals surface area contributed by atoms with E-state index in [1.807, 2.05) is 35.7 Å². The van der Waals surface area contributed by atoms with Crippen LogP contribution < -0.4 is 0 Å². The van der Waals surface area contributed by atoms with E-state index in [0.717, 1.165) is 21.9 Å². The molecule has 0 atom stereocenters. The molecule has 0 radical (unpaired) electrons. The number of rotatable bonds is 5. The Balaban J connectivity index is 2.37. The Morgan fingerprint density at radius 2 is 1.58 bits per heavy atom. The molecular weight excluding hydrogens is 342 g/mol. The van der Waals surface area contributed by atoms with Gasteiger partial charge in [-0.15, -0.1) is 34.5 Å². The lowest BCUT2D eigenvalue weighted by Gasteiger charge is -2.30. The van der Waals surface area contributed by atoms with Gasteiger partial charge in [0.2, 0.25) is 0 Å². The highest BCUT2D eigenvalue weighted by Gasteiger charge is 2.32. The first kappa shape index (κ1) is 15.5. The molecule has 1 aromatic carbocycles. The molecule has 2 aromatic rings. The summed E-state index contributed by atoms with van der Waals surface area (Å²) in [6.07, 6.45) is 0.734. The molecule has 0 aliphatic heterocycles. The van der Waals surface area contributed by atoms with Crippen LogP contribution in [0.3, 0.4) is 0 Å². The van der Waals surface area contributed by atoms with Crippen LogP contribution >= 0.6 is 57.7 Å². The van der Waals surface area contributed by atoms with E-state index in [-0.39, 0.29) is 5.41 Å². The quantitative estimate of drug-likeness (QED) is 0.577. The predicted octanol–water partition coefficient (Wildman–Crippen LogP) is 6.01. The fourth-order valence-corrected chi connectivity index (χ4v) is 4.10. The van der Waals surface area contributed by atoms with Gasteiger partial charge in [0.05, 0.1) is 5.02 Å². The van der Waals surface area contributed by atoms with Crippen LogP contribution in [0.2, 0.25) is 10.0 Å². The maximum atomic E-state index is 6.21. The Morgan fingerprint density at radius 3 is 2.05 bits per heavy atom. The minimum Gasteiger partial charge on any atom is -0.147 e. The first-order valence-corrected chi connectivity index (χ1v) is 8.41. The molecule has 1 heterocycles. The number of halogens is 4. The predicted molar refractivity (Wildman–Crippen MR) is 87.6 cm³/mol. The molecule has 0 saturated heterocycles. The van der Waals surface area contributed by atoms with Gasteiger partial charge in [-0.1, -0.05) is 35.3 Å². The number of hydrogen-bond acceptors (Lipinski definition) is 1. The molecule has 0 spiro atoms. The monoisotopic (exact) mass is 352 g/mol. The fourth-order valence-electron chi connectivity index (χ4n) is 1.95. The lowest BCUT2D eigenvalue weighted by atomic mass is 9.80. The molecule has 0 saturated carbocycles. The third kappa shape index (κ3) is 3.40. The summed E-state index contributed by atoms with van der Waals surface area (Å²) in [6, 6.07) is 9.58. The minimum atomic E-state index is -0.317. The van der Waals surface area contributed by atoms with Crippen molar-refractivity contribution in [2.75, 3.05) is 11.8 Å². The Hall–Kier alpha value is 0.0800. The van der Waals surface area contributed by atoms with E-state index in [1.54, 1.807) is 11.3 Å². The number of thiophene rings is 1. The van der Waals surface area contributed by atoms with Crippen molar-refractivity contribution < 1.29 is 0 Å². The van der Waals surface area contributed by atoms with Crippen molar-refractivity contribution in [1.29, 1.82) is 0 Å². The lowest BCUT2D eigenvalue weighted by molar-refractivity contribution is 0.541. The molecule has 0 aliphatic rings. The van der Waals surface area contributed by atoms with Gasteiger partial charge in [-0.3, -0.25) is 0 Å². The van der Waals surface area contributed by atoms with Gasteiger partial charge in [0.1, 0.15) is 0 Å².